The van der Waals surface area contributed by atoms with Gasteiger partial charge in [-0.2, -0.15) is 5.10 Å². The Morgan fingerprint density at radius 2 is 1.83 bits per heavy atom. The Labute approximate surface area is 187 Å². The van der Waals surface area contributed by atoms with Gasteiger partial charge < -0.3 is 14.4 Å². The van der Waals surface area contributed by atoms with E-state index in [9.17, 15) is 4.79 Å². The van der Waals surface area contributed by atoms with Gasteiger partial charge in [-0.1, -0.05) is 50.0 Å². The first-order valence-electron chi connectivity index (χ1n) is 9.88. The number of nitrogens with zero attached hydrogens (tertiary/aromatic N) is 3. The lowest BCUT2D eigenvalue weighted by molar-refractivity contribution is 0.122. The van der Waals surface area contributed by atoms with Gasteiger partial charge in [0.15, 0.2) is 0 Å². The largest absolute Gasteiger partial charge is 0.446 e. The van der Waals surface area contributed by atoms with Crippen molar-refractivity contribution in [1.29, 1.82) is 0 Å². The monoisotopic (exact) mass is 454 g/mol. The average molecular weight is 455 g/mol. The highest BCUT2D eigenvalue weighted by molar-refractivity contribution is 6.48. The van der Waals surface area contributed by atoms with Gasteiger partial charge in [0.25, 0.3) is 0 Å². The molecule has 0 saturated carbocycles. The minimum absolute atomic E-state index is 0.130. The maximum atomic E-state index is 12.3. The summed E-state index contributed by atoms with van der Waals surface area (Å²) in [5.74, 6) is 0.509. The van der Waals surface area contributed by atoms with Crippen LogP contribution in [0, 0.1) is 0 Å². The molecule has 7 nitrogen and oxygen atoms in total. The van der Waals surface area contributed by atoms with E-state index < -0.39 is 10.4 Å². The lowest BCUT2D eigenvalue weighted by Crippen LogP contribution is -2.36. The second-order valence-electron chi connectivity index (χ2n) is 8.47. The summed E-state index contributed by atoms with van der Waals surface area (Å²) < 4.78 is 11.1. The second kappa shape index (κ2) is 9.04. The van der Waals surface area contributed by atoms with E-state index in [1.165, 1.54) is 0 Å². The maximum absolute atomic E-state index is 12.3. The van der Waals surface area contributed by atoms with E-state index in [0.717, 1.165) is 30.2 Å². The second-order valence-corrected chi connectivity index (χ2v) is 10.3. The van der Waals surface area contributed by atoms with Crippen molar-refractivity contribution >= 4 is 40.8 Å². The fourth-order valence-corrected chi connectivity index (χ4v) is 3.12. The number of amides is 1. The molecule has 2 aromatic rings. The van der Waals surface area contributed by atoms with Crippen LogP contribution in [0.1, 0.15) is 33.4 Å². The van der Waals surface area contributed by atoms with Crippen LogP contribution in [0.4, 0.5) is 16.3 Å². The molecular weight excluding hydrogens is 427 g/mol. The third-order valence-corrected chi connectivity index (χ3v) is 4.83. The number of rotatable bonds is 5. The molecular formula is C21H28Cl2N4O3. The lowest BCUT2D eigenvalue weighted by atomic mass is 9.92. The van der Waals surface area contributed by atoms with Crippen molar-refractivity contribution in [3.8, 4) is 5.69 Å². The molecule has 30 heavy (non-hydrogen) atoms. The van der Waals surface area contributed by atoms with Gasteiger partial charge in [0.05, 0.1) is 24.6 Å². The number of aromatic nitrogens is 2. The van der Waals surface area contributed by atoms with E-state index in [2.05, 4.69) is 43.1 Å². The van der Waals surface area contributed by atoms with Crippen LogP contribution < -0.4 is 10.2 Å². The minimum atomic E-state index is -1.15. The third-order valence-electron chi connectivity index (χ3n) is 4.62. The number of halogens is 2. The topological polar surface area (TPSA) is 68.6 Å². The van der Waals surface area contributed by atoms with Crippen molar-refractivity contribution < 1.29 is 14.3 Å². The summed E-state index contributed by atoms with van der Waals surface area (Å²) in [6, 6.07) is 9.90. The molecule has 1 fully saturated rings. The predicted octanol–water partition coefficient (Wildman–Crippen LogP) is 4.75. The summed E-state index contributed by atoms with van der Waals surface area (Å²) in [7, 11) is 0. The van der Waals surface area contributed by atoms with Crippen molar-refractivity contribution in [2.24, 2.45) is 0 Å². The fraction of sp³-hybridized carbons (Fsp3) is 0.524. The zero-order valence-corrected chi connectivity index (χ0v) is 19.3. The first-order valence-corrected chi connectivity index (χ1v) is 10.6. The molecule has 0 spiro atoms. The SMILES string of the molecule is CC(Cl)(Cl)COC(=O)Nc1cc(C(C)(C)C)nn1-c1cccc(N2CCOCC2)c1. The Morgan fingerprint density at radius 3 is 2.47 bits per heavy atom. The Balaban J connectivity index is 1.89. The fourth-order valence-electron chi connectivity index (χ4n) is 3.01. The molecule has 1 aliphatic rings. The summed E-state index contributed by atoms with van der Waals surface area (Å²) in [4.78, 5) is 14.6. The number of ether oxygens (including phenoxy) is 2. The molecule has 1 aliphatic heterocycles. The van der Waals surface area contributed by atoms with Crippen molar-refractivity contribution in [1.82, 2.24) is 9.78 Å². The van der Waals surface area contributed by atoms with E-state index in [1.54, 1.807) is 11.6 Å². The van der Waals surface area contributed by atoms with Gasteiger partial charge in [0, 0.05) is 30.3 Å². The van der Waals surface area contributed by atoms with Crippen molar-refractivity contribution in [3.05, 3.63) is 36.0 Å². The number of hydrogen-bond acceptors (Lipinski definition) is 5. The molecule has 1 amide bonds. The molecule has 1 aromatic heterocycles. The number of hydrogen-bond donors (Lipinski definition) is 1. The molecule has 9 heteroatoms. The summed E-state index contributed by atoms with van der Waals surface area (Å²) in [6.45, 7) is 10.7. The van der Waals surface area contributed by atoms with Crippen LogP contribution in [0.25, 0.3) is 5.69 Å². The first-order chi connectivity index (χ1) is 14.0. The number of carbonyl (C=O) groups excluding carboxylic acids is 1. The molecule has 1 N–H and O–H groups in total. The van der Waals surface area contributed by atoms with Gasteiger partial charge in [0.2, 0.25) is 0 Å². The number of benzene rings is 1. The van der Waals surface area contributed by atoms with Gasteiger partial charge in [-0.3, -0.25) is 5.32 Å². The number of anilines is 2. The molecule has 2 heterocycles. The molecule has 164 valence electrons. The van der Waals surface area contributed by atoms with E-state index in [0.29, 0.717) is 19.0 Å². The number of nitrogens with one attached hydrogen (secondary N) is 1. The number of morpholine rings is 1. The molecule has 1 aromatic carbocycles. The Bertz CT molecular complexity index is 881. The van der Waals surface area contributed by atoms with Gasteiger partial charge >= 0.3 is 6.09 Å². The van der Waals surface area contributed by atoms with Gasteiger partial charge in [-0.25, -0.2) is 9.48 Å². The molecule has 0 atom stereocenters. The standard InChI is InChI=1S/C21H28Cl2N4O3/c1-20(2,3)17-13-18(24-19(28)30-14-21(4,22)23)27(25-17)16-7-5-6-15(12-16)26-8-10-29-11-9-26/h5-7,12-13H,8-11,14H2,1-4H3,(H,24,28). The predicted molar refractivity (Wildman–Crippen MR) is 120 cm³/mol. The van der Waals surface area contributed by atoms with Crippen LogP contribution in [0.3, 0.4) is 0 Å². The highest BCUT2D eigenvalue weighted by Crippen LogP contribution is 2.28. The normalized spacial score (nSPS) is 15.2. The highest BCUT2D eigenvalue weighted by atomic mass is 35.5. The maximum Gasteiger partial charge on any atom is 0.412 e. The molecule has 0 aliphatic carbocycles. The van der Waals surface area contributed by atoms with Gasteiger partial charge in [-0.05, 0) is 25.1 Å². The lowest BCUT2D eigenvalue weighted by Gasteiger charge is -2.29. The molecule has 3 rings (SSSR count). The Kier molecular flexibility index (Phi) is 6.84. The van der Waals surface area contributed by atoms with Crippen LogP contribution in [-0.4, -0.2) is 53.1 Å². The summed E-state index contributed by atoms with van der Waals surface area (Å²) in [6.07, 6.45) is -0.645. The molecule has 0 radical (unpaired) electrons. The average Bonchev–Trinajstić information content (AvgIpc) is 3.11. The van der Waals surface area contributed by atoms with Crippen LogP contribution in [0.2, 0.25) is 0 Å². The smallest absolute Gasteiger partial charge is 0.412 e. The number of alkyl halides is 2. The zero-order valence-electron chi connectivity index (χ0n) is 17.7. The highest BCUT2D eigenvalue weighted by Gasteiger charge is 2.24. The van der Waals surface area contributed by atoms with Crippen molar-refractivity contribution in [2.45, 2.75) is 37.4 Å². The van der Waals surface area contributed by atoms with E-state index >= 15 is 0 Å². The quantitative estimate of drug-likeness (QED) is 0.660. The number of carbonyl (C=O) groups is 1. The van der Waals surface area contributed by atoms with Crippen molar-refractivity contribution in [2.75, 3.05) is 43.1 Å². The van der Waals surface area contributed by atoms with E-state index in [4.69, 9.17) is 37.8 Å². The summed E-state index contributed by atoms with van der Waals surface area (Å²) >= 11 is 11.8. The van der Waals surface area contributed by atoms with Gasteiger partial charge in [-0.15, -0.1) is 0 Å². The molecule has 0 bridgehead atoms. The Hall–Kier alpha value is -1.96. The molecule has 0 unspecified atom stereocenters. The van der Waals surface area contributed by atoms with Crippen LogP contribution >= 0.6 is 23.2 Å². The van der Waals surface area contributed by atoms with Crippen LogP contribution in [0.5, 0.6) is 0 Å². The van der Waals surface area contributed by atoms with Crippen molar-refractivity contribution in [3.63, 3.8) is 0 Å². The van der Waals surface area contributed by atoms with Crippen LogP contribution in [-0.2, 0) is 14.9 Å². The van der Waals surface area contributed by atoms with E-state index in [1.807, 2.05) is 18.2 Å². The minimum Gasteiger partial charge on any atom is -0.446 e. The van der Waals surface area contributed by atoms with Gasteiger partial charge in [0.1, 0.15) is 16.8 Å². The first kappa shape index (κ1) is 22.7. The van der Waals surface area contributed by atoms with Crippen LogP contribution in [0.15, 0.2) is 30.3 Å². The molecule has 1 saturated heterocycles. The van der Waals surface area contributed by atoms with E-state index in [-0.39, 0.29) is 12.0 Å². The Morgan fingerprint density at radius 1 is 1.17 bits per heavy atom. The summed E-state index contributed by atoms with van der Waals surface area (Å²) in [5, 5.41) is 7.51. The summed E-state index contributed by atoms with van der Waals surface area (Å²) in [5.41, 5.74) is 2.56. The zero-order chi connectivity index (χ0) is 21.9. The third kappa shape index (κ3) is 6.03.